The number of para-hydroxylation sites is 1. The fourth-order valence-corrected chi connectivity index (χ4v) is 5.07. The van der Waals surface area contributed by atoms with Crippen LogP contribution in [0, 0.1) is 11.7 Å². The van der Waals surface area contributed by atoms with Gasteiger partial charge in [-0.25, -0.2) is 9.18 Å². The number of benzene rings is 2. The van der Waals surface area contributed by atoms with E-state index in [0.29, 0.717) is 58.5 Å². The zero-order valence-electron chi connectivity index (χ0n) is 22.6. The Kier molecular flexibility index (Phi) is 9.26. The molecule has 1 saturated carbocycles. The van der Waals surface area contributed by atoms with Crippen LogP contribution in [-0.2, 0) is 20.8 Å². The lowest BCUT2D eigenvalue weighted by atomic mass is 9.84. The van der Waals surface area contributed by atoms with E-state index in [1.165, 1.54) is 12.1 Å². The Bertz CT molecular complexity index is 1050. The molecule has 0 aromatic heterocycles. The Labute approximate surface area is 224 Å². The number of carbonyl (C=O) groups excluding carboxylic acids is 2. The summed E-state index contributed by atoms with van der Waals surface area (Å²) in [6.07, 6.45) is 2.28. The molecule has 1 aliphatic heterocycles. The molecule has 38 heavy (non-hydrogen) atoms. The van der Waals surface area contributed by atoms with E-state index in [1.807, 2.05) is 56.0 Å². The molecule has 1 aliphatic carbocycles. The first-order chi connectivity index (χ1) is 18.2. The van der Waals surface area contributed by atoms with Crippen LogP contribution in [-0.4, -0.2) is 65.9 Å². The SMILES string of the molecule is CC(C)(C)OC(=O)N(Cc1ccc(F)cc1)C1CCC(C(=O)N2CCO[C@@H](COc3ccccc3)C2)CC1. The first-order valence-electron chi connectivity index (χ1n) is 13.5. The standard InChI is InChI=1S/C30H39FN2O5/c1-30(2,3)38-29(35)33(19-22-9-13-24(31)14-10-22)25-15-11-23(12-16-25)28(34)32-17-18-36-27(20-32)21-37-26-7-5-4-6-8-26/h4-10,13-14,23,25,27H,11-12,15-21H2,1-3H3/t23?,25?,27-/m1/s1. The lowest BCUT2D eigenvalue weighted by molar-refractivity contribution is -0.145. The molecule has 0 spiro atoms. The highest BCUT2D eigenvalue weighted by Gasteiger charge is 2.36. The van der Waals surface area contributed by atoms with Gasteiger partial charge in [-0.1, -0.05) is 30.3 Å². The average Bonchev–Trinajstić information content (AvgIpc) is 2.91. The van der Waals surface area contributed by atoms with E-state index in [-0.39, 0.29) is 35.9 Å². The molecule has 8 heteroatoms. The summed E-state index contributed by atoms with van der Waals surface area (Å²) in [5, 5.41) is 0. The highest BCUT2D eigenvalue weighted by atomic mass is 19.1. The first-order valence-corrected chi connectivity index (χ1v) is 13.5. The van der Waals surface area contributed by atoms with Gasteiger partial charge in [-0.05, 0) is 76.3 Å². The number of ether oxygens (including phenoxy) is 3. The second-order valence-corrected chi connectivity index (χ2v) is 11.1. The number of hydrogen-bond donors (Lipinski definition) is 0. The Morgan fingerprint density at radius 1 is 1.03 bits per heavy atom. The molecular formula is C30H39FN2O5. The van der Waals surface area contributed by atoms with Crippen molar-refractivity contribution in [3.8, 4) is 5.75 Å². The van der Waals surface area contributed by atoms with Crippen LogP contribution in [0.4, 0.5) is 9.18 Å². The van der Waals surface area contributed by atoms with Crippen LogP contribution < -0.4 is 4.74 Å². The van der Waals surface area contributed by atoms with Gasteiger partial charge in [0.05, 0.1) is 13.2 Å². The van der Waals surface area contributed by atoms with Gasteiger partial charge in [0.1, 0.15) is 29.9 Å². The van der Waals surface area contributed by atoms with E-state index >= 15 is 0 Å². The lowest BCUT2D eigenvalue weighted by Crippen LogP contribution is -2.51. The van der Waals surface area contributed by atoms with Crippen molar-refractivity contribution in [2.75, 3.05) is 26.3 Å². The van der Waals surface area contributed by atoms with Crippen LogP contribution in [0.3, 0.4) is 0 Å². The Hall–Kier alpha value is -3.13. The molecule has 4 rings (SSSR count). The van der Waals surface area contributed by atoms with Gasteiger partial charge in [0.25, 0.3) is 0 Å². The third-order valence-electron chi connectivity index (χ3n) is 7.01. The van der Waals surface area contributed by atoms with Crippen molar-refractivity contribution in [1.82, 2.24) is 9.80 Å². The van der Waals surface area contributed by atoms with Gasteiger partial charge in [-0.2, -0.15) is 0 Å². The number of morpholine rings is 1. The van der Waals surface area contributed by atoms with Gasteiger partial charge in [0, 0.05) is 25.0 Å². The van der Waals surface area contributed by atoms with Crippen molar-refractivity contribution in [3.05, 3.63) is 66.0 Å². The highest BCUT2D eigenvalue weighted by Crippen LogP contribution is 2.31. The number of nitrogens with zero attached hydrogens (tertiary/aromatic N) is 2. The average molecular weight is 527 g/mol. The summed E-state index contributed by atoms with van der Waals surface area (Å²) in [7, 11) is 0. The molecular weight excluding hydrogens is 487 g/mol. The lowest BCUT2D eigenvalue weighted by Gasteiger charge is -2.39. The minimum absolute atomic E-state index is 0.0457. The van der Waals surface area contributed by atoms with E-state index < -0.39 is 5.60 Å². The zero-order chi connectivity index (χ0) is 27.1. The largest absolute Gasteiger partial charge is 0.491 e. The molecule has 2 amide bonds. The summed E-state index contributed by atoms with van der Waals surface area (Å²) >= 11 is 0. The minimum Gasteiger partial charge on any atom is -0.491 e. The summed E-state index contributed by atoms with van der Waals surface area (Å²) < 4.78 is 30.8. The van der Waals surface area contributed by atoms with Crippen LogP contribution in [0.1, 0.15) is 52.0 Å². The third kappa shape index (κ3) is 7.93. The van der Waals surface area contributed by atoms with Gasteiger partial charge in [0.2, 0.25) is 5.91 Å². The molecule has 1 saturated heterocycles. The predicted molar refractivity (Wildman–Crippen MR) is 142 cm³/mol. The Morgan fingerprint density at radius 3 is 2.37 bits per heavy atom. The molecule has 2 aromatic rings. The Morgan fingerprint density at radius 2 is 1.71 bits per heavy atom. The summed E-state index contributed by atoms with van der Waals surface area (Å²) in [5.74, 6) is 0.548. The second kappa shape index (κ2) is 12.6. The molecule has 2 aliphatic rings. The van der Waals surface area contributed by atoms with Gasteiger partial charge >= 0.3 is 6.09 Å². The molecule has 2 fully saturated rings. The highest BCUT2D eigenvalue weighted by molar-refractivity contribution is 5.79. The maximum atomic E-state index is 13.4. The molecule has 0 N–H and O–H groups in total. The minimum atomic E-state index is -0.623. The maximum Gasteiger partial charge on any atom is 0.410 e. The van der Waals surface area contributed by atoms with Crippen molar-refractivity contribution in [1.29, 1.82) is 0 Å². The smallest absolute Gasteiger partial charge is 0.410 e. The van der Waals surface area contributed by atoms with E-state index in [0.717, 1.165) is 11.3 Å². The molecule has 0 bridgehead atoms. The quantitative estimate of drug-likeness (QED) is 0.481. The van der Waals surface area contributed by atoms with Crippen molar-refractivity contribution in [2.45, 2.75) is 70.7 Å². The summed E-state index contributed by atoms with van der Waals surface area (Å²) in [6, 6.07) is 15.7. The Balaban J connectivity index is 1.32. The van der Waals surface area contributed by atoms with Gasteiger partial charge < -0.3 is 24.0 Å². The fraction of sp³-hybridized carbons (Fsp3) is 0.533. The molecule has 1 atom stereocenters. The molecule has 0 radical (unpaired) electrons. The van der Waals surface area contributed by atoms with Gasteiger partial charge in [0.15, 0.2) is 0 Å². The molecule has 0 unspecified atom stereocenters. The van der Waals surface area contributed by atoms with Crippen LogP contribution in [0.25, 0.3) is 0 Å². The number of hydrogen-bond acceptors (Lipinski definition) is 5. The van der Waals surface area contributed by atoms with E-state index in [1.54, 1.807) is 17.0 Å². The van der Waals surface area contributed by atoms with Crippen molar-refractivity contribution >= 4 is 12.0 Å². The number of carbonyl (C=O) groups is 2. The van der Waals surface area contributed by atoms with Crippen LogP contribution in [0.5, 0.6) is 5.75 Å². The number of halogens is 1. The van der Waals surface area contributed by atoms with Crippen molar-refractivity contribution in [3.63, 3.8) is 0 Å². The van der Waals surface area contributed by atoms with E-state index in [9.17, 15) is 14.0 Å². The second-order valence-electron chi connectivity index (χ2n) is 11.1. The van der Waals surface area contributed by atoms with Crippen LogP contribution in [0.2, 0.25) is 0 Å². The molecule has 7 nitrogen and oxygen atoms in total. The number of amides is 2. The van der Waals surface area contributed by atoms with Crippen LogP contribution >= 0.6 is 0 Å². The maximum absolute atomic E-state index is 13.4. The summed E-state index contributed by atoms with van der Waals surface area (Å²) in [4.78, 5) is 30.1. The number of rotatable bonds is 7. The van der Waals surface area contributed by atoms with Gasteiger partial charge in [-0.3, -0.25) is 4.79 Å². The van der Waals surface area contributed by atoms with E-state index in [4.69, 9.17) is 14.2 Å². The van der Waals surface area contributed by atoms with Crippen LogP contribution in [0.15, 0.2) is 54.6 Å². The first kappa shape index (κ1) is 27.9. The van der Waals surface area contributed by atoms with Crippen molar-refractivity contribution < 1.29 is 28.2 Å². The molecule has 206 valence electrons. The van der Waals surface area contributed by atoms with Crippen molar-refractivity contribution in [2.24, 2.45) is 5.92 Å². The zero-order valence-corrected chi connectivity index (χ0v) is 22.6. The molecule has 2 aromatic carbocycles. The van der Waals surface area contributed by atoms with Gasteiger partial charge in [-0.15, -0.1) is 0 Å². The third-order valence-corrected chi connectivity index (χ3v) is 7.01. The topological polar surface area (TPSA) is 68.3 Å². The summed E-state index contributed by atoms with van der Waals surface area (Å²) in [5.41, 5.74) is 0.218. The predicted octanol–water partition coefficient (Wildman–Crippen LogP) is 5.43. The molecule has 1 heterocycles. The monoisotopic (exact) mass is 526 g/mol. The van der Waals surface area contributed by atoms with E-state index in [2.05, 4.69) is 0 Å². The normalized spacial score (nSPS) is 22.0. The fourth-order valence-electron chi connectivity index (χ4n) is 5.07. The summed E-state index contributed by atoms with van der Waals surface area (Å²) in [6.45, 7) is 7.86.